The fourth-order valence-electron chi connectivity index (χ4n) is 3.11. The molecule has 0 unspecified atom stereocenters. The van der Waals surface area contributed by atoms with E-state index < -0.39 is 0 Å². The Morgan fingerprint density at radius 1 is 1.29 bits per heavy atom. The van der Waals surface area contributed by atoms with Crippen LogP contribution in [0.5, 0.6) is 0 Å². The number of hydrogen-bond acceptors (Lipinski definition) is 4. The number of nitrogens with one attached hydrogen (secondary N) is 1. The summed E-state index contributed by atoms with van der Waals surface area (Å²) in [6, 6.07) is 10.2. The molecule has 1 aromatic heterocycles. The molecule has 1 amide bonds. The molecule has 2 aromatic rings. The Balaban J connectivity index is 1.64. The smallest absolute Gasteiger partial charge is 0.233 e. The standard InChI is InChI=1S/C18H24N4OS/c1-13-8-6-7-11-16(13)20-17(23)14(2)24-18-21-19-12-22(18)15-9-4-3-5-10-15/h3-5,9-10,12-14,16H,6-8,11H2,1-2H3,(H,20,23)/t13-,14+,16+/m0/s1. The second kappa shape index (κ2) is 7.83. The molecular formula is C18H24N4OS. The first-order valence-corrected chi connectivity index (χ1v) is 9.45. The first-order chi connectivity index (χ1) is 11.6. The summed E-state index contributed by atoms with van der Waals surface area (Å²) in [7, 11) is 0. The summed E-state index contributed by atoms with van der Waals surface area (Å²) in [5.41, 5.74) is 0.999. The number of amides is 1. The molecule has 24 heavy (non-hydrogen) atoms. The van der Waals surface area contributed by atoms with Crippen LogP contribution in [-0.2, 0) is 4.79 Å². The van der Waals surface area contributed by atoms with Crippen LogP contribution in [0.2, 0.25) is 0 Å². The van der Waals surface area contributed by atoms with Gasteiger partial charge in [-0.2, -0.15) is 0 Å². The van der Waals surface area contributed by atoms with Gasteiger partial charge in [0.2, 0.25) is 5.91 Å². The predicted molar refractivity (Wildman–Crippen MR) is 96.2 cm³/mol. The van der Waals surface area contributed by atoms with Gasteiger partial charge in [-0.25, -0.2) is 0 Å². The number of rotatable bonds is 5. The highest BCUT2D eigenvalue weighted by Gasteiger charge is 2.26. The van der Waals surface area contributed by atoms with E-state index in [0.717, 1.165) is 17.3 Å². The molecule has 1 aliphatic rings. The summed E-state index contributed by atoms with van der Waals surface area (Å²) in [5.74, 6) is 0.647. The van der Waals surface area contributed by atoms with Gasteiger partial charge < -0.3 is 5.32 Å². The Hall–Kier alpha value is -1.82. The lowest BCUT2D eigenvalue weighted by Gasteiger charge is -2.30. The van der Waals surface area contributed by atoms with Crippen molar-refractivity contribution in [3.8, 4) is 5.69 Å². The average Bonchev–Trinajstić information content (AvgIpc) is 3.05. The van der Waals surface area contributed by atoms with Crippen LogP contribution in [-0.4, -0.2) is 32.0 Å². The van der Waals surface area contributed by atoms with E-state index in [1.807, 2.05) is 41.8 Å². The molecule has 3 rings (SSSR count). The van der Waals surface area contributed by atoms with Crippen molar-refractivity contribution in [2.45, 2.75) is 56.0 Å². The number of carbonyl (C=O) groups is 1. The number of nitrogens with zero attached hydrogens (tertiary/aromatic N) is 3. The Morgan fingerprint density at radius 3 is 2.79 bits per heavy atom. The maximum Gasteiger partial charge on any atom is 0.233 e. The zero-order chi connectivity index (χ0) is 16.9. The zero-order valence-corrected chi connectivity index (χ0v) is 15.0. The number of carbonyl (C=O) groups excluding carboxylic acids is 1. The fourth-order valence-corrected chi connectivity index (χ4v) is 3.96. The largest absolute Gasteiger partial charge is 0.352 e. The summed E-state index contributed by atoms with van der Waals surface area (Å²) in [6.45, 7) is 4.16. The zero-order valence-electron chi connectivity index (χ0n) is 14.2. The first kappa shape index (κ1) is 17.0. The summed E-state index contributed by atoms with van der Waals surface area (Å²) in [5, 5.41) is 11.9. The van der Waals surface area contributed by atoms with Crippen LogP contribution >= 0.6 is 11.8 Å². The third-order valence-electron chi connectivity index (χ3n) is 4.64. The minimum absolute atomic E-state index is 0.0846. The van der Waals surface area contributed by atoms with Crippen LogP contribution in [0.1, 0.15) is 39.5 Å². The molecule has 0 aliphatic heterocycles. The lowest BCUT2D eigenvalue weighted by atomic mass is 9.86. The van der Waals surface area contributed by atoms with Gasteiger partial charge in [-0.3, -0.25) is 9.36 Å². The Kier molecular flexibility index (Phi) is 5.56. The van der Waals surface area contributed by atoms with E-state index in [0.29, 0.717) is 12.0 Å². The lowest BCUT2D eigenvalue weighted by molar-refractivity contribution is -0.121. The van der Waals surface area contributed by atoms with E-state index in [1.54, 1.807) is 6.33 Å². The fraction of sp³-hybridized carbons (Fsp3) is 0.500. The number of thioether (sulfide) groups is 1. The lowest BCUT2D eigenvalue weighted by Crippen LogP contribution is -2.44. The molecule has 3 atom stereocenters. The molecule has 0 saturated heterocycles. The predicted octanol–water partition coefficient (Wildman–Crippen LogP) is 3.44. The van der Waals surface area contributed by atoms with Gasteiger partial charge in [-0.15, -0.1) is 10.2 Å². The van der Waals surface area contributed by atoms with Gasteiger partial charge in [0.1, 0.15) is 6.33 Å². The highest BCUT2D eigenvalue weighted by molar-refractivity contribution is 8.00. The highest BCUT2D eigenvalue weighted by Crippen LogP contribution is 2.26. The Bertz CT molecular complexity index is 673. The van der Waals surface area contributed by atoms with Crippen molar-refractivity contribution in [2.75, 3.05) is 0 Å². The van der Waals surface area contributed by atoms with Crippen molar-refractivity contribution in [1.82, 2.24) is 20.1 Å². The average molecular weight is 344 g/mol. The second-order valence-corrected chi connectivity index (χ2v) is 7.76. The van der Waals surface area contributed by atoms with Crippen molar-refractivity contribution in [3.63, 3.8) is 0 Å². The normalized spacial score (nSPS) is 22.1. The Labute approximate surface area is 147 Å². The van der Waals surface area contributed by atoms with E-state index in [2.05, 4.69) is 22.4 Å². The van der Waals surface area contributed by atoms with E-state index in [-0.39, 0.29) is 11.2 Å². The SMILES string of the molecule is C[C@@H](Sc1nncn1-c1ccccc1)C(=O)N[C@@H]1CCCC[C@@H]1C. The van der Waals surface area contributed by atoms with Crippen LogP contribution < -0.4 is 5.32 Å². The molecule has 6 heteroatoms. The van der Waals surface area contributed by atoms with Crippen molar-refractivity contribution in [2.24, 2.45) is 5.92 Å². The maximum atomic E-state index is 12.5. The van der Waals surface area contributed by atoms with Gasteiger partial charge in [-0.05, 0) is 37.8 Å². The van der Waals surface area contributed by atoms with Crippen LogP contribution in [0, 0.1) is 5.92 Å². The van der Waals surface area contributed by atoms with Gasteiger partial charge in [0.05, 0.1) is 5.25 Å². The molecule has 1 aliphatic carbocycles. The molecule has 1 saturated carbocycles. The topological polar surface area (TPSA) is 59.8 Å². The highest BCUT2D eigenvalue weighted by atomic mass is 32.2. The molecule has 1 N–H and O–H groups in total. The molecule has 0 radical (unpaired) electrons. The minimum atomic E-state index is -0.203. The second-order valence-electron chi connectivity index (χ2n) is 6.46. The summed E-state index contributed by atoms with van der Waals surface area (Å²) in [6.07, 6.45) is 6.46. The van der Waals surface area contributed by atoms with Crippen LogP contribution in [0.4, 0.5) is 0 Å². The molecule has 128 valence electrons. The molecule has 5 nitrogen and oxygen atoms in total. The number of para-hydroxylation sites is 1. The number of hydrogen-bond donors (Lipinski definition) is 1. The van der Waals surface area contributed by atoms with Crippen molar-refractivity contribution < 1.29 is 4.79 Å². The summed E-state index contributed by atoms with van der Waals surface area (Å²) in [4.78, 5) is 12.5. The van der Waals surface area contributed by atoms with Crippen molar-refractivity contribution >= 4 is 17.7 Å². The molecule has 1 fully saturated rings. The van der Waals surface area contributed by atoms with Gasteiger partial charge in [0.25, 0.3) is 0 Å². The van der Waals surface area contributed by atoms with Crippen LogP contribution in [0.3, 0.4) is 0 Å². The Morgan fingerprint density at radius 2 is 2.04 bits per heavy atom. The van der Waals surface area contributed by atoms with Crippen LogP contribution in [0.25, 0.3) is 5.69 Å². The molecule has 0 bridgehead atoms. The van der Waals surface area contributed by atoms with Gasteiger partial charge >= 0.3 is 0 Å². The summed E-state index contributed by atoms with van der Waals surface area (Å²) < 4.78 is 1.91. The van der Waals surface area contributed by atoms with E-state index in [4.69, 9.17) is 0 Å². The van der Waals surface area contributed by atoms with Gasteiger partial charge in [-0.1, -0.05) is 49.7 Å². The molecule has 0 spiro atoms. The van der Waals surface area contributed by atoms with E-state index in [1.165, 1.54) is 31.0 Å². The summed E-state index contributed by atoms with van der Waals surface area (Å²) >= 11 is 1.45. The third kappa shape index (κ3) is 3.98. The molecule has 1 heterocycles. The van der Waals surface area contributed by atoms with Crippen molar-refractivity contribution in [3.05, 3.63) is 36.7 Å². The van der Waals surface area contributed by atoms with Crippen LogP contribution in [0.15, 0.2) is 41.8 Å². The minimum Gasteiger partial charge on any atom is -0.352 e. The first-order valence-electron chi connectivity index (χ1n) is 8.57. The van der Waals surface area contributed by atoms with E-state index in [9.17, 15) is 4.79 Å². The third-order valence-corrected chi connectivity index (χ3v) is 5.70. The molecule has 1 aromatic carbocycles. The number of benzene rings is 1. The number of aromatic nitrogens is 3. The quantitative estimate of drug-likeness (QED) is 0.844. The molecular weight excluding hydrogens is 320 g/mol. The van der Waals surface area contributed by atoms with Gasteiger partial charge in [0.15, 0.2) is 5.16 Å². The monoisotopic (exact) mass is 344 g/mol. The van der Waals surface area contributed by atoms with E-state index >= 15 is 0 Å². The van der Waals surface area contributed by atoms with Crippen molar-refractivity contribution in [1.29, 1.82) is 0 Å². The van der Waals surface area contributed by atoms with Gasteiger partial charge in [0, 0.05) is 11.7 Å². The maximum absolute atomic E-state index is 12.5.